The van der Waals surface area contributed by atoms with E-state index >= 15 is 0 Å². The second kappa shape index (κ2) is 16.0. The summed E-state index contributed by atoms with van der Waals surface area (Å²) in [5.41, 5.74) is 7.75. The largest absolute Gasteiger partial charge is 0.493 e. The van der Waals surface area contributed by atoms with Crippen molar-refractivity contribution >= 4 is 11.8 Å². The summed E-state index contributed by atoms with van der Waals surface area (Å²) in [5, 5.41) is 21.0. The van der Waals surface area contributed by atoms with Crippen LogP contribution in [0.5, 0.6) is 11.5 Å². The van der Waals surface area contributed by atoms with Crippen molar-refractivity contribution in [2.24, 2.45) is 0 Å². The molecule has 0 bridgehead atoms. The number of hydrogen-bond acceptors (Lipinski definition) is 9. The monoisotopic (exact) mass is 633 g/mol. The number of aliphatic hydroxyl groups excluding tert-OH is 1. The number of carbonyl (C=O) groups is 2. The average molecular weight is 634 g/mol. The number of ether oxygens (including phenoxy) is 4. The molecule has 0 radical (unpaired) electrons. The maximum atomic E-state index is 12.2. The number of aliphatic hydroxyl groups is 1. The van der Waals surface area contributed by atoms with Gasteiger partial charge in [-0.15, -0.1) is 0 Å². The molecule has 1 fully saturated rings. The lowest BCUT2D eigenvalue weighted by molar-refractivity contribution is -0.253. The molecular formula is C35H43N3O8. The summed E-state index contributed by atoms with van der Waals surface area (Å²) in [4.78, 5) is 25.7. The van der Waals surface area contributed by atoms with E-state index in [9.17, 15) is 14.7 Å². The third-order valence-electron chi connectivity index (χ3n) is 8.55. The predicted octanol–water partition coefficient (Wildman–Crippen LogP) is 4.09. The molecular weight excluding hydrogens is 590 g/mol. The first kappa shape index (κ1) is 33.4. The molecule has 1 saturated heterocycles. The second-order valence-corrected chi connectivity index (χ2v) is 11.7. The van der Waals surface area contributed by atoms with E-state index in [1.165, 1.54) is 11.1 Å². The van der Waals surface area contributed by atoms with E-state index < -0.39 is 12.2 Å². The van der Waals surface area contributed by atoms with Gasteiger partial charge in [-0.3, -0.25) is 19.7 Å². The van der Waals surface area contributed by atoms with Crippen LogP contribution in [0, 0.1) is 0 Å². The quantitative estimate of drug-likeness (QED) is 0.162. The van der Waals surface area contributed by atoms with Gasteiger partial charge in [0.05, 0.1) is 33.0 Å². The third-order valence-corrected chi connectivity index (χ3v) is 8.55. The van der Waals surface area contributed by atoms with Crippen LogP contribution in [0.25, 0.3) is 0 Å². The summed E-state index contributed by atoms with van der Waals surface area (Å²) in [6, 6.07) is 19.8. The molecule has 11 heteroatoms. The van der Waals surface area contributed by atoms with Gasteiger partial charge in [0.25, 0.3) is 0 Å². The van der Waals surface area contributed by atoms with Crippen molar-refractivity contribution in [3.8, 4) is 11.5 Å². The summed E-state index contributed by atoms with van der Waals surface area (Å²) < 4.78 is 24.2. The highest BCUT2D eigenvalue weighted by molar-refractivity contribution is 5.78. The first-order valence-corrected chi connectivity index (χ1v) is 15.6. The topological polar surface area (TPSA) is 139 Å². The highest BCUT2D eigenvalue weighted by Gasteiger charge is 2.34. The molecule has 2 amide bonds. The van der Waals surface area contributed by atoms with Crippen LogP contribution >= 0.6 is 0 Å². The summed E-state index contributed by atoms with van der Waals surface area (Å²) in [6.45, 7) is 2.77. The molecule has 0 spiro atoms. The smallest absolute Gasteiger partial charge is 0.243 e. The molecule has 3 atom stereocenters. The number of amides is 2. The number of methoxy groups -OCH3 is 2. The Hall–Kier alpha value is -4.00. The summed E-state index contributed by atoms with van der Waals surface area (Å²) >= 11 is 0. The fourth-order valence-electron chi connectivity index (χ4n) is 5.97. The average Bonchev–Trinajstić information content (AvgIpc) is 3.10. The minimum Gasteiger partial charge on any atom is -0.493 e. The molecule has 0 aromatic heterocycles. The molecule has 0 saturated carbocycles. The van der Waals surface area contributed by atoms with Crippen molar-refractivity contribution < 1.29 is 38.9 Å². The Morgan fingerprint density at radius 3 is 2.22 bits per heavy atom. The van der Waals surface area contributed by atoms with Gasteiger partial charge >= 0.3 is 0 Å². The molecule has 2 aliphatic heterocycles. The number of benzene rings is 3. The predicted molar refractivity (Wildman–Crippen MR) is 169 cm³/mol. The molecule has 246 valence electrons. The lowest BCUT2D eigenvalue weighted by Crippen LogP contribution is -2.41. The molecule has 2 heterocycles. The van der Waals surface area contributed by atoms with Crippen molar-refractivity contribution in [3.63, 3.8) is 0 Å². The highest BCUT2D eigenvalue weighted by atomic mass is 16.7. The molecule has 11 nitrogen and oxygen atoms in total. The van der Waals surface area contributed by atoms with E-state index in [4.69, 9.17) is 24.2 Å². The van der Waals surface area contributed by atoms with Crippen molar-refractivity contribution in [3.05, 3.63) is 94.0 Å². The van der Waals surface area contributed by atoms with Crippen LogP contribution in [-0.4, -0.2) is 60.4 Å². The molecule has 4 N–H and O–H groups in total. The summed E-state index contributed by atoms with van der Waals surface area (Å²) in [5.74, 6) is 0.806. The number of nitrogens with one attached hydrogen (secondary N) is 2. The zero-order chi connectivity index (χ0) is 32.5. The first-order chi connectivity index (χ1) is 22.4. The minimum atomic E-state index is -0.580. The highest BCUT2D eigenvalue weighted by Crippen LogP contribution is 2.39. The van der Waals surface area contributed by atoms with Gasteiger partial charge in [-0.25, -0.2) is 5.48 Å². The first-order valence-electron chi connectivity index (χ1n) is 15.6. The van der Waals surface area contributed by atoms with Crippen molar-refractivity contribution in [2.45, 2.75) is 70.3 Å². The van der Waals surface area contributed by atoms with Gasteiger partial charge in [0.2, 0.25) is 11.8 Å². The number of carbonyl (C=O) groups excluding carboxylic acids is 2. The van der Waals surface area contributed by atoms with E-state index in [1.807, 2.05) is 48.5 Å². The maximum absolute atomic E-state index is 12.2. The van der Waals surface area contributed by atoms with Gasteiger partial charge in [0.15, 0.2) is 17.8 Å². The van der Waals surface area contributed by atoms with Gasteiger partial charge < -0.3 is 29.4 Å². The normalized spacial score (nSPS) is 19.6. The van der Waals surface area contributed by atoms with Gasteiger partial charge in [0.1, 0.15) is 0 Å². The Kier molecular flexibility index (Phi) is 11.6. The Labute approximate surface area is 269 Å². The van der Waals surface area contributed by atoms with Gasteiger partial charge in [-0.05, 0) is 52.8 Å². The summed E-state index contributed by atoms with van der Waals surface area (Å²) in [6.07, 6.45) is 1.37. The summed E-state index contributed by atoms with van der Waals surface area (Å²) in [7, 11) is 3.31. The molecule has 46 heavy (non-hydrogen) atoms. The number of hydroxylamine groups is 1. The molecule has 5 rings (SSSR count). The molecule has 3 aromatic rings. The molecule has 0 unspecified atom stereocenters. The standard InChI is InChI=1S/C35H43N3O8/c1-43-31-16-27-14-15-38(20-28(27)17-32(31)44-2)21-29-18-30(25-10-8-24(22-39)9-11-25)46-35(45-29)26-12-6-23(7-13-26)19-36-33(40)4-3-5-34(41)37-42/h6-13,16-17,29-30,35,39,42H,3-5,14-15,18-22H2,1-2H3,(H,36,40)(H,37,41)/t29-,30+,35+/m1/s1. The van der Waals surface area contributed by atoms with Crippen LogP contribution in [0.3, 0.4) is 0 Å². The Morgan fingerprint density at radius 2 is 1.54 bits per heavy atom. The van der Waals surface area contributed by atoms with E-state index in [-0.39, 0.29) is 37.6 Å². The van der Waals surface area contributed by atoms with Crippen molar-refractivity contribution in [1.82, 2.24) is 15.7 Å². The van der Waals surface area contributed by atoms with E-state index in [0.717, 1.165) is 59.8 Å². The number of nitrogens with zero attached hydrogens (tertiary/aromatic N) is 1. The molecule has 0 aliphatic carbocycles. The number of rotatable bonds is 13. The molecule has 3 aromatic carbocycles. The maximum Gasteiger partial charge on any atom is 0.243 e. The SMILES string of the molecule is COc1cc2c(cc1OC)CN(C[C@H]1C[C@@H](c3ccc(CO)cc3)O[C@@H](c3ccc(CNC(=O)CCCC(=O)NO)cc3)O1)CC2. The zero-order valence-electron chi connectivity index (χ0n) is 26.4. The zero-order valence-corrected chi connectivity index (χ0v) is 26.4. The Morgan fingerprint density at radius 1 is 0.891 bits per heavy atom. The van der Waals surface area contributed by atoms with Crippen LogP contribution in [-0.2, 0) is 45.2 Å². The van der Waals surface area contributed by atoms with Crippen molar-refractivity contribution in [1.29, 1.82) is 0 Å². The van der Waals surface area contributed by atoms with Crippen LogP contribution in [0.15, 0.2) is 60.7 Å². The Bertz CT molecular complexity index is 1460. The van der Waals surface area contributed by atoms with Crippen molar-refractivity contribution in [2.75, 3.05) is 27.3 Å². The fraction of sp³-hybridized carbons (Fsp3) is 0.429. The van der Waals surface area contributed by atoms with E-state index in [1.54, 1.807) is 19.7 Å². The Balaban J connectivity index is 1.25. The third kappa shape index (κ3) is 8.62. The van der Waals surface area contributed by atoms with Crippen LogP contribution in [0.1, 0.15) is 71.5 Å². The van der Waals surface area contributed by atoms with Gasteiger partial charge in [-0.1, -0.05) is 48.5 Å². The van der Waals surface area contributed by atoms with Gasteiger partial charge in [0, 0.05) is 51.0 Å². The van der Waals surface area contributed by atoms with Crippen LogP contribution in [0.4, 0.5) is 0 Å². The van der Waals surface area contributed by atoms with Crippen LogP contribution in [0.2, 0.25) is 0 Å². The number of fused-ring (bicyclic) bond motifs is 1. The second-order valence-electron chi connectivity index (χ2n) is 11.7. The number of hydrogen-bond donors (Lipinski definition) is 4. The lowest BCUT2D eigenvalue weighted by atomic mass is 9.97. The van der Waals surface area contributed by atoms with Gasteiger partial charge in [-0.2, -0.15) is 0 Å². The van der Waals surface area contributed by atoms with E-state index in [2.05, 4.69) is 22.3 Å². The minimum absolute atomic E-state index is 0.0130. The molecule has 2 aliphatic rings. The fourth-order valence-corrected chi connectivity index (χ4v) is 5.97. The van der Waals surface area contributed by atoms with E-state index in [0.29, 0.717) is 19.4 Å². The van der Waals surface area contributed by atoms with Crippen LogP contribution < -0.4 is 20.3 Å². The lowest BCUT2D eigenvalue weighted by Gasteiger charge is -2.39.